The standard InChI is InChI=1S/C13H14N2OS/c1-3-9-4-6-10(7-5-9)12(16)11-8-17-13(14-2)15-11/h4-8H,3H2,1-2H3,(H,14,15). The number of thiazole rings is 1. The van der Waals surface area contributed by atoms with Crippen LogP contribution in [0.15, 0.2) is 29.6 Å². The molecule has 2 aromatic rings. The summed E-state index contributed by atoms with van der Waals surface area (Å²) >= 11 is 1.44. The van der Waals surface area contributed by atoms with E-state index in [1.165, 1.54) is 16.9 Å². The number of ketones is 1. The molecule has 0 aliphatic heterocycles. The molecular formula is C13H14N2OS. The molecule has 0 saturated heterocycles. The number of rotatable bonds is 4. The second kappa shape index (κ2) is 5.10. The number of benzene rings is 1. The summed E-state index contributed by atoms with van der Waals surface area (Å²) in [5.41, 5.74) is 2.43. The first-order valence-electron chi connectivity index (χ1n) is 5.51. The minimum atomic E-state index is -0.0228. The summed E-state index contributed by atoms with van der Waals surface area (Å²) in [6.07, 6.45) is 0.981. The molecule has 4 heteroatoms. The van der Waals surface area contributed by atoms with Crippen molar-refractivity contribution in [2.24, 2.45) is 0 Å². The van der Waals surface area contributed by atoms with Crippen molar-refractivity contribution in [2.45, 2.75) is 13.3 Å². The summed E-state index contributed by atoms with van der Waals surface area (Å²) in [5.74, 6) is -0.0228. The zero-order chi connectivity index (χ0) is 12.3. The normalized spacial score (nSPS) is 10.2. The molecule has 0 saturated carbocycles. The van der Waals surface area contributed by atoms with Crippen LogP contribution in [-0.4, -0.2) is 17.8 Å². The van der Waals surface area contributed by atoms with Crippen molar-refractivity contribution in [3.63, 3.8) is 0 Å². The van der Waals surface area contributed by atoms with E-state index in [0.717, 1.165) is 11.6 Å². The highest BCUT2D eigenvalue weighted by atomic mass is 32.1. The summed E-state index contributed by atoms with van der Waals surface area (Å²) in [7, 11) is 1.79. The lowest BCUT2D eigenvalue weighted by atomic mass is 10.1. The fraction of sp³-hybridized carbons (Fsp3) is 0.231. The summed E-state index contributed by atoms with van der Waals surface area (Å²) in [6.45, 7) is 2.09. The summed E-state index contributed by atoms with van der Waals surface area (Å²) in [6, 6.07) is 7.69. The van der Waals surface area contributed by atoms with Crippen LogP contribution in [-0.2, 0) is 6.42 Å². The Hall–Kier alpha value is -1.68. The Morgan fingerprint density at radius 2 is 2.06 bits per heavy atom. The maximum Gasteiger partial charge on any atom is 0.212 e. The lowest BCUT2D eigenvalue weighted by Crippen LogP contribution is -2.02. The third-order valence-corrected chi connectivity index (χ3v) is 3.43. The third kappa shape index (κ3) is 2.53. The van der Waals surface area contributed by atoms with Gasteiger partial charge in [0, 0.05) is 18.0 Å². The average Bonchev–Trinajstić information content (AvgIpc) is 2.87. The number of aromatic nitrogens is 1. The van der Waals surface area contributed by atoms with E-state index in [0.29, 0.717) is 11.3 Å². The monoisotopic (exact) mass is 246 g/mol. The molecule has 0 spiro atoms. The van der Waals surface area contributed by atoms with E-state index in [9.17, 15) is 4.79 Å². The molecule has 0 bridgehead atoms. The molecule has 0 fully saturated rings. The highest BCUT2D eigenvalue weighted by molar-refractivity contribution is 7.13. The highest BCUT2D eigenvalue weighted by Gasteiger charge is 2.12. The van der Waals surface area contributed by atoms with Crippen molar-refractivity contribution in [2.75, 3.05) is 12.4 Å². The fourth-order valence-electron chi connectivity index (χ4n) is 1.53. The molecule has 0 aliphatic rings. The van der Waals surface area contributed by atoms with E-state index in [-0.39, 0.29) is 5.78 Å². The number of carbonyl (C=O) groups excluding carboxylic acids is 1. The number of hydrogen-bond donors (Lipinski definition) is 1. The highest BCUT2D eigenvalue weighted by Crippen LogP contribution is 2.17. The molecular weight excluding hydrogens is 232 g/mol. The molecule has 1 heterocycles. The SMILES string of the molecule is CCc1ccc(C(=O)c2csc(NC)n2)cc1. The fourth-order valence-corrected chi connectivity index (χ4v) is 2.18. The van der Waals surface area contributed by atoms with Gasteiger partial charge in [-0.3, -0.25) is 4.79 Å². The summed E-state index contributed by atoms with van der Waals surface area (Å²) in [5, 5.41) is 5.47. The Morgan fingerprint density at radius 3 is 2.59 bits per heavy atom. The molecule has 1 aromatic heterocycles. The zero-order valence-electron chi connectivity index (χ0n) is 9.86. The van der Waals surface area contributed by atoms with Crippen LogP contribution in [0.4, 0.5) is 5.13 Å². The van der Waals surface area contributed by atoms with Crippen LogP contribution in [0.2, 0.25) is 0 Å². The second-order valence-electron chi connectivity index (χ2n) is 3.67. The van der Waals surface area contributed by atoms with Crippen molar-refractivity contribution < 1.29 is 4.79 Å². The molecule has 1 N–H and O–H groups in total. The van der Waals surface area contributed by atoms with E-state index >= 15 is 0 Å². The molecule has 0 radical (unpaired) electrons. The lowest BCUT2D eigenvalue weighted by molar-refractivity contribution is 0.103. The minimum absolute atomic E-state index is 0.0228. The molecule has 2 rings (SSSR count). The van der Waals surface area contributed by atoms with Gasteiger partial charge in [-0.05, 0) is 12.0 Å². The quantitative estimate of drug-likeness (QED) is 0.843. The summed E-state index contributed by atoms with van der Waals surface area (Å²) in [4.78, 5) is 16.3. The topological polar surface area (TPSA) is 42.0 Å². The predicted octanol–water partition coefficient (Wildman–Crippen LogP) is 2.98. The van der Waals surface area contributed by atoms with Gasteiger partial charge in [0.25, 0.3) is 0 Å². The zero-order valence-corrected chi connectivity index (χ0v) is 10.7. The second-order valence-corrected chi connectivity index (χ2v) is 4.53. The maximum atomic E-state index is 12.1. The molecule has 1 aromatic carbocycles. The van der Waals surface area contributed by atoms with Crippen molar-refractivity contribution in [1.82, 2.24) is 4.98 Å². The van der Waals surface area contributed by atoms with Crippen LogP contribution in [0.3, 0.4) is 0 Å². The van der Waals surface area contributed by atoms with E-state index in [1.54, 1.807) is 12.4 Å². The maximum absolute atomic E-state index is 12.1. The summed E-state index contributed by atoms with van der Waals surface area (Å²) < 4.78 is 0. The van der Waals surface area contributed by atoms with Crippen LogP contribution in [0.1, 0.15) is 28.5 Å². The first-order valence-corrected chi connectivity index (χ1v) is 6.39. The molecule has 3 nitrogen and oxygen atoms in total. The van der Waals surface area contributed by atoms with Crippen LogP contribution in [0.25, 0.3) is 0 Å². The predicted molar refractivity (Wildman–Crippen MR) is 70.9 cm³/mol. The van der Waals surface area contributed by atoms with Gasteiger partial charge in [0.2, 0.25) is 5.78 Å². The minimum Gasteiger partial charge on any atom is -0.365 e. The van der Waals surface area contributed by atoms with Gasteiger partial charge in [-0.25, -0.2) is 4.98 Å². The molecule has 0 unspecified atom stereocenters. The largest absolute Gasteiger partial charge is 0.365 e. The number of nitrogens with one attached hydrogen (secondary N) is 1. The Balaban J connectivity index is 2.23. The molecule has 0 atom stereocenters. The van der Waals surface area contributed by atoms with Gasteiger partial charge in [0.1, 0.15) is 5.69 Å². The van der Waals surface area contributed by atoms with Crippen molar-refractivity contribution in [1.29, 1.82) is 0 Å². The Labute approximate surface area is 105 Å². The number of anilines is 1. The van der Waals surface area contributed by atoms with Crippen LogP contribution < -0.4 is 5.32 Å². The van der Waals surface area contributed by atoms with Gasteiger partial charge >= 0.3 is 0 Å². The van der Waals surface area contributed by atoms with E-state index in [1.807, 2.05) is 24.3 Å². The van der Waals surface area contributed by atoms with E-state index in [2.05, 4.69) is 17.2 Å². The molecule has 0 amide bonds. The number of aryl methyl sites for hydroxylation is 1. The Morgan fingerprint density at radius 1 is 1.35 bits per heavy atom. The first kappa shape index (κ1) is 11.8. The number of carbonyl (C=O) groups is 1. The van der Waals surface area contributed by atoms with Crippen LogP contribution >= 0.6 is 11.3 Å². The van der Waals surface area contributed by atoms with Crippen molar-refractivity contribution in [3.05, 3.63) is 46.5 Å². The molecule has 88 valence electrons. The van der Waals surface area contributed by atoms with Crippen LogP contribution in [0, 0.1) is 0 Å². The first-order chi connectivity index (χ1) is 8.24. The van der Waals surface area contributed by atoms with Gasteiger partial charge in [-0.2, -0.15) is 0 Å². The molecule has 0 aliphatic carbocycles. The van der Waals surface area contributed by atoms with Gasteiger partial charge in [0.15, 0.2) is 5.13 Å². The Bertz CT molecular complexity index is 516. The lowest BCUT2D eigenvalue weighted by Gasteiger charge is -1.99. The van der Waals surface area contributed by atoms with Crippen molar-refractivity contribution in [3.8, 4) is 0 Å². The number of nitrogens with zero attached hydrogens (tertiary/aromatic N) is 1. The Kier molecular flexibility index (Phi) is 3.54. The number of hydrogen-bond acceptors (Lipinski definition) is 4. The van der Waals surface area contributed by atoms with Gasteiger partial charge in [-0.15, -0.1) is 11.3 Å². The van der Waals surface area contributed by atoms with E-state index in [4.69, 9.17) is 0 Å². The third-order valence-electron chi connectivity index (χ3n) is 2.58. The molecule has 17 heavy (non-hydrogen) atoms. The van der Waals surface area contributed by atoms with Gasteiger partial charge in [0.05, 0.1) is 0 Å². The smallest absolute Gasteiger partial charge is 0.212 e. The average molecular weight is 246 g/mol. The van der Waals surface area contributed by atoms with Gasteiger partial charge in [-0.1, -0.05) is 31.2 Å². The van der Waals surface area contributed by atoms with Crippen molar-refractivity contribution >= 4 is 22.3 Å². The van der Waals surface area contributed by atoms with E-state index < -0.39 is 0 Å². The van der Waals surface area contributed by atoms with Gasteiger partial charge < -0.3 is 5.32 Å². The van der Waals surface area contributed by atoms with Crippen LogP contribution in [0.5, 0.6) is 0 Å².